The Hall–Kier alpha value is -1.18. The van der Waals surface area contributed by atoms with Gasteiger partial charge >= 0.3 is 0 Å². The van der Waals surface area contributed by atoms with E-state index in [0.717, 1.165) is 22.5 Å². The highest BCUT2D eigenvalue weighted by Gasteiger charge is 2.03. The highest BCUT2D eigenvalue weighted by Crippen LogP contribution is 2.16. The maximum atomic E-state index is 4.09. The standard InChI is InChI=1S/C9H12N2/c1-6(2)9-7(3)10-5-11-8(9)4/h5H,1H2,2-4H3. The zero-order valence-corrected chi connectivity index (χ0v) is 7.18. The molecule has 0 saturated carbocycles. The third-order valence-corrected chi connectivity index (χ3v) is 1.65. The Morgan fingerprint density at radius 2 is 1.73 bits per heavy atom. The van der Waals surface area contributed by atoms with Crippen LogP contribution < -0.4 is 0 Å². The molecule has 0 aromatic carbocycles. The van der Waals surface area contributed by atoms with Crippen molar-refractivity contribution < 1.29 is 0 Å². The summed E-state index contributed by atoms with van der Waals surface area (Å²) in [5.41, 5.74) is 4.13. The van der Waals surface area contributed by atoms with E-state index in [4.69, 9.17) is 0 Å². The van der Waals surface area contributed by atoms with Crippen LogP contribution in [0.4, 0.5) is 0 Å². The number of rotatable bonds is 1. The molecule has 0 radical (unpaired) electrons. The number of aromatic nitrogens is 2. The predicted octanol–water partition coefficient (Wildman–Crippen LogP) is 2.13. The van der Waals surface area contributed by atoms with Crippen molar-refractivity contribution >= 4 is 5.57 Å². The van der Waals surface area contributed by atoms with Crippen molar-refractivity contribution in [2.75, 3.05) is 0 Å². The molecular weight excluding hydrogens is 136 g/mol. The minimum Gasteiger partial charge on any atom is -0.241 e. The van der Waals surface area contributed by atoms with Crippen molar-refractivity contribution in [3.63, 3.8) is 0 Å². The predicted molar refractivity (Wildman–Crippen MR) is 46.2 cm³/mol. The van der Waals surface area contributed by atoms with Gasteiger partial charge in [0.05, 0.1) is 0 Å². The summed E-state index contributed by atoms with van der Waals surface area (Å²) >= 11 is 0. The molecule has 2 nitrogen and oxygen atoms in total. The Kier molecular flexibility index (Phi) is 2.03. The van der Waals surface area contributed by atoms with E-state index in [1.54, 1.807) is 6.33 Å². The van der Waals surface area contributed by atoms with Gasteiger partial charge in [-0.15, -0.1) is 0 Å². The summed E-state index contributed by atoms with van der Waals surface area (Å²) in [5.74, 6) is 0. The molecule has 2 heteroatoms. The molecule has 0 fully saturated rings. The van der Waals surface area contributed by atoms with Crippen molar-refractivity contribution in [3.8, 4) is 0 Å². The first-order valence-corrected chi connectivity index (χ1v) is 3.57. The maximum absolute atomic E-state index is 4.09. The molecular formula is C9H12N2. The van der Waals surface area contributed by atoms with Gasteiger partial charge in [-0.1, -0.05) is 6.58 Å². The van der Waals surface area contributed by atoms with E-state index in [1.165, 1.54) is 0 Å². The highest BCUT2D eigenvalue weighted by molar-refractivity contribution is 5.64. The summed E-state index contributed by atoms with van der Waals surface area (Å²) in [6.07, 6.45) is 1.58. The van der Waals surface area contributed by atoms with E-state index < -0.39 is 0 Å². The van der Waals surface area contributed by atoms with Gasteiger partial charge in [0, 0.05) is 17.0 Å². The Morgan fingerprint density at radius 3 is 2.00 bits per heavy atom. The molecule has 58 valence electrons. The molecule has 0 N–H and O–H groups in total. The Bertz CT molecular complexity index is 269. The molecule has 0 spiro atoms. The topological polar surface area (TPSA) is 25.8 Å². The quantitative estimate of drug-likeness (QED) is 0.609. The molecule has 0 atom stereocenters. The van der Waals surface area contributed by atoms with Crippen LogP contribution in [-0.4, -0.2) is 9.97 Å². The molecule has 0 unspecified atom stereocenters. The van der Waals surface area contributed by atoms with E-state index >= 15 is 0 Å². The van der Waals surface area contributed by atoms with Crippen molar-refractivity contribution in [2.24, 2.45) is 0 Å². The molecule has 0 aliphatic heterocycles. The smallest absolute Gasteiger partial charge is 0.115 e. The van der Waals surface area contributed by atoms with Crippen molar-refractivity contribution in [2.45, 2.75) is 20.8 Å². The molecule has 0 amide bonds. The molecule has 0 saturated heterocycles. The highest BCUT2D eigenvalue weighted by atomic mass is 14.8. The first-order valence-electron chi connectivity index (χ1n) is 3.57. The lowest BCUT2D eigenvalue weighted by atomic mass is 10.1. The van der Waals surface area contributed by atoms with Crippen LogP contribution in [-0.2, 0) is 0 Å². The summed E-state index contributed by atoms with van der Waals surface area (Å²) < 4.78 is 0. The fraction of sp³-hybridized carbons (Fsp3) is 0.333. The number of hydrogen-bond acceptors (Lipinski definition) is 2. The minimum absolute atomic E-state index is 1.00. The second kappa shape index (κ2) is 2.82. The first-order chi connectivity index (χ1) is 5.13. The van der Waals surface area contributed by atoms with Gasteiger partial charge in [0.25, 0.3) is 0 Å². The van der Waals surface area contributed by atoms with Crippen molar-refractivity contribution in [1.29, 1.82) is 0 Å². The summed E-state index contributed by atoms with van der Waals surface area (Å²) in [5, 5.41) is 0. The minimum atomic E-state index is 1.00. The zero-order chi connectivity index (χ0) is 8.43. The Labute approximate surface area is 67.0 Å². The summed E-state index contributed by atoms with van der Waals surface area (Å²) in [6, 6.07) is 0. The van der Waals surface area contributed by atoms with Gasteiger partial charge in [-0.25, -0.2) is 9.97 Å². The van der Waals surface area contributed by atoms with Crippen LogP contribution in [0.1, 0.15) is 23.9 Å². The normalized spacial score (nSPS) is 9.73. The molecule has 1 heterocycles. The van der Waals surface area contributed by atoms with Crippen molar-refractivity contribution in [1.82, 2.24) is 9.97 Å². The van der Waals surface area contributed by atoms with Gasteiger partial charge in [0.1, 0.15) is 6.33 Å². The number of aryl methyl sites for hydroxylation is 2. The van der Waals surface area contributed by atoms with E-state index in [1.807, 2.05) is 20.8 Å². The first kappa shape index (κ1) is 7.92. The lowest BCUT2D eigenvalue weighted by Crippen LogP contribution is -1.95. The molecule has 1 rings (SSSR count). The fourth-order valence-corrected chi connectivity index (χ4v) is 1.21. The third-order valence-electron chi connectivity index (χ3n) is 1.65. The van der Waals surface area contributed by atoms with Gasteiger partial charge < -0.3 is 0 Å². The van der Waals surface area contributed by atoms with E-state index in [2.05, 4.69) is 16.5 Å². The molecule has 1 aromatic heterocycles. The lowest BCUT2D eigenvalue weighted by Gasteiger charge is -2.05. The van der Waals surface area contributed by atoms with E-state index in [9.17, 15) is 0 Å². The van der Waals surface area contributed by atoms with Gasteiger partial charge in [-0.05, 0) is 26.3 Å². The zero-order valence-electron chi connectivity index (χ0n) is 7.18. The van der Waals surface area contributed by atoms with Crippen LogP contribution in [0.3, 0.4) is 0 Å². The molecule has 11 heavy (non-hydrogen) atoms. The molecule has 1 aromatic rings. The van der Waals surface area contributed by atoms with Gasteiger partial charge in [0.15, 0.2) is 0 Å². The lowest BCUT2D eigenvalue weighted by molar-refractivity contribution is 1.04. The third kappa shape index (κ3) is 1.45. The number of allylic oxidation sites excluding steroid dienone is 1. The Balaban J connectivity index is 3.32. The summed E-state index contributed by atoms with van der Waals surface area (Å²) in [4.78, 5) is 8.18. The maximum Gasteiger partial charge on any atom is 0.115 e. The van der Waals surface area contributed by atoms with Crippen LogP contribution in [0.2, 0.25) is 0 Å². The van der Waals surface area contributed by atoms with Crippen LogP contribution in [0.15, 0.2) is 12.9 Å². The summed E-state index contributed by atoms with van der Waals surface area (Å²) in [7, 11) is 0. The second-order valence-electron chi connectivity index (χ2n) is 2.70. The van der Waals surface area contributed by atoms with Crippen LogP contribution in [0, 0.1) is 13.8 Å². The van der Waals surface area contributed by atoms with Crippen molar-refractivity contribution in [3.05, 3.63) is 29.9 Å². The monoisotopic (exact) mass is 148 g/mol. The van der Waals surface area contributed by atoms with E-state index in [-0.39, 0.29) is 0 Å². The Morgan fingerprint density at radius 1 is 1.27 bits per heavy atom. The molecule has 0 aliphatic carbocycles. The SMILES string of the molecule is C=C(C)c1c(C)ncnc1C. The van der Waals surface area contributed by atoms with Gasteiger partial charge in [0.2, 0.25) is 0 Å². The largest absolute Gasteiger partial charge is 0.241 e. The average Bonchev–Trinajstić information content (AvgIpc) is 1.85. The summed E-state index contributed by atoms with van der Waals surface area (Å²) in [6.45, 7) is 9.78. The molecule has 0 aliphatic rings. The number of hydrogen-bond donors (Lipinski definition) is 0. The van der Waals surface area contributed by atoms with Crippen LogP contribution >= 0.6 is 0 Å². The fourth-order valence-electron chi connectivity index (χ4n) is 1.21. The van der Waals surface area contributed by atoms with Gasteiger partial charge in [-0.2, -0.15) is 0 Å². The van der Waals surface area contributed by atoms with Crippen LogP contribution in [0.5, 0.6) is 0 Å². The second-order valence-corrected chi connectivity index (χ2v) is 2.70. The number of nitrogens with zero attached hydrogens (tertiary/aromatic N) is 2. The van der Waals surface area contributed by atoms with Crippen LogP contribution in [0.25, 0.3) is 5.57 Å². The molecule has 0 bridgehead atoms. The average molecular weight is 148 g/mol. The van der Waals surface area contributed by atoms with E-state index in [0.29, 0.717) is 0 Å². The van der Waals surface area contributed by atoms with Gasteiger partial charge in [-0.3, -0.25) is 0 Å².